The van der Waals surface area contributed by atoms with E-state index in [-0.39, 0.29) is 0 Å². The first-order chi connectivity index (χ1) is 25.3. The van der Waals surface area contributed by atoms with Crippen molar-refractivity contribution in [1.82, 2.24) is 4.57 Å². The molecule has 6 aromatic carbocycles. The highest BCUT2D eigenvalue weighted by atomic mass is 15.0. The van der Waals surface area contributed by atoms with Crippen molar-refractivity contribution >= 4 is 44.6 Å². The molecule has 51 heavy (non-hydrogen) atoms. The molecule has 1 heterocycles. The van der Waals surface area contributed by atoms with Gasteiger partial charge >= 0.3 is 0 Å². The summed E-state index contributed by atoms with van der Waals surface area (Å²) in [6, 6.07) is 55.5. The van der Waals surface area contributed by atoms with Gasteiger partial charge in [-0.2, -0.15) is 0 Å². The molecule has 7 rings (SSSR count). The van der Waals surface area contributed by atoms with Crippen molar-refractivity contribution in [3.05, 3.63) is 180 Å². The van der Waals surface area contributed by atoms with E-state index in [2.05, 4.69) is 169 Å². The van der Waals surface area contributed by atoms with Crippen molar-refractivity contribution in [3.63, 3.8) is 0 Å². The number of aromatic nitrogens is 1. The molecule has 0 unspecified atom stereocenters. The molecule has 0 bridgehead atoms. The lowest BCUT2D eigenvalue weighted by atomic mass is 10.0. The van der Waals surface area contributed by atoms with Gasteiger partial charge in [0.1, 0.15) is 0 Å². The standard InChI is InChI=1S/C48H47N3/c1-2-3-4-5-6-7-8-21-34-51-45-35-41(49-47(37-22-13-9-14-23-37)38-24-15-10-16-25-38)30-32-43(45)44-33-31-42(36-46(44)51)50-48(39-26-17-11-18-27-39)40-28-19-12-20-29-40/h9-20,22-33,35-36H,2-8,21,34H2,1H3. The van der Waals surface area contributed by atoms with Gasteiger partial charge in [-0.05, 0) is 30.7 Å². The predicted octanol–water partition coefficient (Wildman–Crippen LogP) is 13.3. The zero-order valence-electron chi connectivity index (χ0n) is 29.7. The van der Waals surface area contributed by atoms with Crippen LogP contribution in [0.3, 0.4) is 0 Å². The smallest absolute Gasteiger partial charge is 0.0781 e. The molecule has 0 aliphatic heterocycles. The van der Waals surface area contributed by atoms with Crippen LogP contribution in [0.25, 0.3) is 21.8 Å². The van der Waals surface area contributed by atoms with Crippen LogP contribution in [-0.4, -0.2) is 16.0 Å². The third-order valence-corrected chi connectivity index (χ3v) is 9.74. The molecule has 0 spiro atoms. The van der Waals surface area contributed by atoms with Crippen molar-refractivity contribution < 1.29 is 0 Å². The third-order valence-electron chi connectivity index (χ3n) is 9.74. The molecule has 1 aromatic heterocycles. The highest BCUT2D eigenvalue weighted by molar-refractivity contribution is 6.16. The van der Waals surface area contributed by atoms with Crippen LogP contribution in [-0.2, 0) is 6.54 Å². The first-order valence-corrected chi connectivity index (χ1v) is 18.7. The quantitative estimate of drug-likeness (QED) is 0.0771. The monoisotopic (exact) mass is 665 g/mol. The van der Waals surface area contributed by atoms with Gasteiger partial charge in [-0.25, -0.2) is 9.98 Å². The normalized spacial score (nSPS) is 11.2. The van der Waals surface area contributed by atoms with E-state index >= 15 is 0 Å². The summed E-state index contributed by atoms with van der Waals surface area (Å²) in [4.78, 5) is 10.6. The predicted molar refractivity (Wildman–Crippen MR) is 218 cm³/mol. The first kappa shape index (κ1) is 33.9. The maximum atomic E-state index is 5.31. The van der Waals surface area contributed by atoms with Gasteiger partial charge in [0.15, 0.2) is 0 Å². The van der Waals surface area contributed by atoms with E-state index in [1.165, 1.54) is 66.8 Å². The molecule has 0 saturated carbocycles. The van der Waals surface area contributed by atoms with Gasteiger partial charge in [0, 0.05) is 39.6 Å². The molecule has 0 aliphatic rings. The summed E-state index contributed by atoms with van der Waals surface area (Å²) in [6.45, 7) is 3.25. The topological polar surface area (TPSA) is 29.6 Å². The average Bonchev–Trinajstić information content (AvgIpc) is 3.50. The van der Waals surface area contributed by atoms with Gasteiger partial charge in [-0.1, -0.05) is 185 Å². The lowest BCUT2D eigenvalue weighted by molar-refractivity contribution is 0.553. The Hall–Kier alpha value is -5.54. The summed E-state index contributed by atoms with van der Waals surface area (Å²) in [7, 11) is 0. The summed E-state index contributed by atoms with van der Waals surface area (Å²) in [6.07, 6.45) is 10.4. The Morgan fingerprint density at radius 2 is 0.765 bits per heavy atom. The molecule has 0 aliphatic carbocycles. The van der Waals surface area contributed by atoms with Crippen LogP contribution < -0.4 is 0 Å². The van der Waals surface area contributed by atoms with Crippen molar-refractivity contribution in [2.75, 3.05) is 0 Å². The lowest BCUT2D eigenvalue weighted by Crippen LogP contribution is -2.03. The van der Waals surface area contributed by atoms with Crippen LogP contribution in [0.5, 0.6) is 0 Å². The summed E-state index contributed by atoms with van der Waals surface area (Å²) in [5, 5.41) is 2.51. The van der Waals surface area contributed by atoms with E-state index in [1.807, 2.05) is 0 Å². The van der Waals surface area contributed by atoms with Gasteiger partial charge in [0.05, 0.1) is 33.8 Å². The number of nitrogens with zero attached hydrogens (tertiary/aromatic N) is 3. The number of aryl methyl sites for hydroxylation is 1. The van der Waals surface area contributed by atoms with Crippen LogP contribution in [0, 0.1) is 0 Å². The van der Waals surface area contributed by atoms with Gasteiger partial charge in [0.25, 0.3) is 0 Å². The molecule has 0 N–H and O–H groups in total. The summed E-state index contributed by atoms with van der Waals surface area (Å²) in [5.41, 5.74) is 10.8. The average molecular weight is 666 g/mol. The number of unbranched alkanes of at least 4 members (excludes halogenated alkanes) is 7. The zero-order valence-corrected chi connectivity index (χ0v) is 29.7. The first-order valence-electron chi connectivity index (χ1n) is 18.7. The minimum atomic E-state index is 0.957. The molecular formula is C48H47N3. The third kappa shape index (κ3) is 8.27. The number of fused-ring (bicyclic) bond motifs is 3. The Kier molecular flexibility index (Phi) is 11.3. The maximum Gasteiger partial charge on any atom is 0.0781 e. The molecule has 0 saturated heterocycles. The summed E-state index contributed by atoms with van der Waals surface area (Å²) in [5.74, 6) is 0. The van der Waals surface area contributed by atoms with Crippen molar-refractivity contribution in [1.29, 1.82) is 0 Å². The number of aliphatic imine (C=N–C) groups is 2. The Morgan fingerprint density at radius 3 is 1.14 bits per heavy atom. The fourth-order valence-electron chi connectivity index (χ4n) is 7.09. The molecule has 0 radical (unpaired) electrons. The molecule has 7 aromatic rings. The number of rotatable bonds is 15. The van der Waals surface area contributed by atoms with Gasteiger partial charge in [0.2, 0.25) is 0 Å². The maximum absolute atomic E-state index is 5.31. The van der Waals surface area contributed by atoms with Crippen LogP contribution in [0.2, 0.25) is 0 Å². The zero-order chi connectivity index (χ0) is 34.7. The number of hydrogen-bond donors (Lipinski definition) is 0. The van der Waals surface area contributed by atoms with Crippen LogP contribution >= 0.6 is 0 Å². The molecule has 3 nitrogen and oxygen atoms in total. The fourth-order valence-corrected chi connectivity index (χ4v) is 7.09. The van der Waals surface area contributed by atoms with E-state index in [4.69, 9.17) is 9.98 Å². The van der Waals surface area contributed by atoms with E-state index in [1.54, 1.807) is 0 Å². The number of hydrogen-bond acceptors (Lipinski definition) is 2. The molecule has 3 heteroatoms. The van der Waals surface area contributed by atoms with Crippen LogP contribution in [0.4, 0.5) is 11.4 Å². The Labute approximate surface area is 303 Å². The SMILES string of the molecule is CCCCCCCCCCn1c2cc(N=C(c3ccccc3)c3ccccc3)ccc2c2ccc(N=C(c3ccccc3)c3ccccc3)cc21. The molecule has 254 valence electrons. The molecule has 0 atom stereocenters. The second-order valence-corrected chi connectivity index (χ2v) is 13.4. The van der Waals surface area contributed by atoms with Crippen LogP contribution in [0.15, 0.2) is 168 Å². The van der Waals surface area contributed by atoms with E-state index in [0.717, 1.165) is 58.0 Å². The lowest BCUT2D eigenvalue weighted by Gasteiger charge is -2.11. The largest absolute Gasteiger partial charge is 0.340 e. The summed E-state index contributed by atoms with van der Waals surface area (Å²) < 4.78 is 2.52. The second-order valence-electron chi connectivity index (χ2n) is 13.4. The Balaban J connectivity index is 1.31. The minimum Gasteiger partial charge on any atom is -0.340 e. The Morgan fingerprint density at radius 1 is 0.412 bits per heavy atom. The van der Waals surface area contributed by atoms with Crippen molar-refractivity contribution in [3.8, 4) is 0 Å². The summed E-state index contributed by atoms with van der Waals surface area (Å²) >= 11 is 0. The minimum absolute atomic E-state index is 0.957. The van der Waals surface area contributed by atoms with E-state index in [9.17, 15) is 0 Å². The van der Waals surface area contributed by atoms with Crippen molar-refractivity contribution in [2.45, 2.75) is 64.8 Å². The van der Waals surface area contributed by atoms with Gasteiger partial charge in [-0.3, -0.25) is 0 Å². The number of benzene rings is 6. The molecular weight excluding hydrogens is 619 g/mol. The van der Waals surface area contributed by atoms with Gasteiger partial charge < -0.3 is 4.57 Å². The second kappa shape index (κ2) is 16.9. The molecule has 0 fully saturated rings. The van der Waals surface area contributed by atoms with Crippen molar-refractivity contribution in [2.24, 2.45) is 9.98 Å². The highest BCUT2D eigenvalue weighted by Crippen LogP contribution is 2.35. The van der Waals surface area contributed by atoms with Gasteiger partial charge in [-0.15, -0.1) is 0 Å². The van der Waals surface area contributed by atoms with E-state index in [0.29, 0.717) is 0 Å². The fraction of sp³-hybridized carbons (Fsp3) is 0.208. The van der Waals surface area contributed by atoms with Crippen LogP contribution in [0.1, 0.15) is 80.5 Å². The molecule has 0 amide bonds. The Bertz CT molecular complexity index is 1980. The van der Waals surface area contributed by atoms with E-state index < -0.39 is 0 Å². The highest BCUT2D eigenvalue weighted by Gasteiger charge is 2.15.